The number of fused-ring (bicyclic) bond motifs is 5. The molecule has 0 saturated heterocycles. The maximum Gasteiger partial charge on any atom is 0.302 e. The fraction of sp³-hybridized carbons (Fsp3) is 0.909. The normalized spacial score (nSPS) is 50.5. The van der Waals surface area contributed by atoms with E-state index in [0.29, 0.717) is 36.1 Å². The molecule has 1 N–H and O–H groups in total. The molecular formula is C22H34O4. The van der Waals surface area contributed by atoms with Gasteiger partial charge in [0.1, 0.15) is 5.78 Å². The fourth-order valence-electron chi connectivity index (χ4n) is 7.52. The minimum atomic E-state index is -0.594. The number of hydrogen-bond donors (Lipinski definition) is 1. The van der Waals surface area contributed by atoms with Crippen molar-refractivity contribution in [2.45, 2.75) is 84.2 Å². The summed E-state index contributed by atoms with van der Waals surface area (Å²) in [6.45, 7) is 6.17. The van der Waals surface area contributed by atoms with Gasteiger partial charge in [0.2, 0.25) is 0 Å². The second-order valence-corrected chi connectivity index (χ2v) is 10.3. The van der Waals surface area contributed by atoms with Gasteiger partial charge in [-0.2, -0.15) is 0 Å². The molecule has 4 saturated carbocycles. The molecule has 4 aliphatic rings. The van der Waals surface area contributed by atoms with E-state index in [0.717, 1.165) is 51.4 Å². The van der Waals surface area contributed by atoms with E-state index >= 15 is 0 Å². The Kier molecular flexibility index (Phi) is 4.30. The quantitative estimate of drug-likeness (QED) is 0.757. The molecule has 0 aliphatic heterocycles. The highest BCUT2D eigenvalue weighted by molar-refractivity contribution is 5.87. The van der Waals surface area contributed by atoms with Crippen LogP contribution in [0, 0.1) is 34.5 Å². The van der Waals surface area contributed by atoms with Gasteiger partial charge in [-0.25, -0.2) is 0 Å². The van der Waals surface area contributed by atoms with Gasteiger partial charge < -0.3 is 9.84 Å². The summed E-state index contributed by atoms with van der Waals surface area (Å²) in [5.74, 6) is 2.31. The number of carbonyl (C=O) groups excluding carboxylic acids is 2. The third-order valence-corrected chi connectivity index (χ3v) is 8.91. The standard InChI is InChI=1S/C22H34O4/c1-14(23)26-13-22-11-10-20(2,25)12-15(22)4-5-16-17-6-7-19(24)21(17,3)9-8-18(16)22/h15-18,25H,4-13H2,1-3H3. The summed E-state index contributed by atoms with van der Waals surface area (Å²) in [7, 11) is 0. The number of Topliss-reactive ketones (excluding diaryl/α,β-unsaturated/α-hetero) is 1. The van der Waals surface area contributed by atoms with Crippen molar-refractivity contribution >= 4 is 11.8 Å². The van der Waals surface area contributed by atoms with Crippen molar-refractivity contribution in [3.63, 3.8) is 0 Å². The molecule has 7 unspecified atom stereocenters. The molecule has 4 nitrogen and oxygen atoms in total. The maximum atomic E-state index is 12.6. The smallest absolute Gasteiger partial charge is 0.302 e. The predicted molar refractivity (Wildman–Crippen MR) is 98.3 cm³/mol. The molecule has 0 amide bonds. The Bertz CT molecular complexity index is 611. The van der Waals surface area contributed by atoms with Crippen molar-refractivity contribution in [1.82, 2.24) is 0 Å². The third-order valence-electron chi connectivity index (χ3n) is 8.91. The first-order valence-electron chi connectivity index (χ1n) is 10.6. The first-order valence-corrected chi connectivity index (χ1v) is 10.6. The van der Waals surface area contributed by atoms with Gasteiger partial charge in [-0.3, -0.25) is 9.59 Å². The van der Waals surface area contributed by atoms with E-state index in [1.807, 2.05) is 6.92 Å². The van der Waals surface area contributed by atoms with E-state index in [1.54, 1.807) is 0 Å². The zero-order valence-corrected chi connectivity index (χ0v) is 16.6. The Morgan fingerprint density at radius 3 is 2.62 bits per heavy atom. The SMILES string of the molecule is CC(=O)OCC12CCC(C)(O)CC1CCC1C3CCC(=O)C3(C)CCC12. The molecule has 4 aliphatic carbocycles. The van der Waals surface area contributed by atoms with Crippen molar-refractivity contribution in [3.8, 4) is 0 Å². The van der Waals surface area contributed by atoms with Gasteiger partial charge in [0.05, 0.1) is 12.2 Å². The largest absolute Gasteiger partial charge is 0.465 e. The van der Waals surface area contributed by atoms with Gasteiger partial charge in [0.15, 0.2) is 0 Å². The van der Waals surface area contributed by atoms with Gasteiger partial charge in [0, 0.05) is 24.2 Å². The maximum absolute atomic E-state index is 12.6. The summed E-state index contributed by atoms with van der Waals surface area (Å²) in [6.07, 6.45) is 8.66. The van der Waals surface area contributed by atoms with Gasteiger partial charge in [0.25, 0.3) is 0 Å². The van der Waals surface area contributed by atoms with Crippen LogP contribution in [0.15, 0.2) is 0 Å². The summed E-state index contributed by atoms with van der Waals surface area (Å²) in [6, 6.07) is 0. The molecule has 7 atom stereocenters. The molecule has 4 fully saturated rings. The minimum absolute atomic E-state index is 0.00376. The topological polar surface area (TPSA) is 63.6 Å². The third kappa shape index (κ3) is 2.66. The van der Waals surface area contributed by atoms with Crippen molar-refractivity contribution < 1.29 is 19.4 Å². The molecule has 0 aromatic rings. The van der Waals surface area contributed by atoms with E-state index in [-0.39, 0.29) is 16.8 Å². The highest BCUT2D eigenvalue weighted by Gasteiger charge is 2.62. The molecule has 4 rings (SSSR count). The van der Waals surface area contributed by atoms with Crippen LogP contribution < -0.4 is 0 Å². The van der Waals surface area contributed by atoms with Crippen LogP contribution in [0.5, 0.6) is 0 Å². The number of rotatable bonds is 2. The summed E-state index contributed by atoms with van der Waals surface area (Å²) in [5, 5.41) is 10.7. The minimum Gasteiger partial charge on any atom is -0.465 e. The summed E-state index contributed by atoms with van der Waals surface area (Å²) in [4.78, 5) is 24.2. The Morgan fingerprint density at radius 1 is 1.12 bits per heavy atom. The number of carbonyl (C=O) groups is 2. The van der Waals surface area contributed by atoms with Gasteiger partial charge in [-0.15, -0.1) is 0 Å². The Hall–Kier alpha value is -0.900. The molecule has 0 spiro atoms. The van der Waals surface area contributed by atoms with E-state index in [2.05, 4.69) is 6.92 Å². The molecule has 0 aromatic carbocycles. The number of esters is 1. The van der Waals surface area contributed by atoms with Crippen LogP contribution in [-0.4, -0.2) is 29.1 Å². The van der Waals surface area contributed by atoms with Gasteiger partial charge >= 0.3 is 5.97 Å². The molecule has 146 valence electrons. The van der Waals surface area contributed by atoms with Gasteiger partial charge in [-0.05, 0) is 82.0 Å². The first kappa shape index (κ1) is 18.5. The van der Waals surface area contributed by atoms with Crippen LogP contribution in [0.1, 0.15) is 78.6 Å². The molecule has 4 heteroatoms. The molecule has 0 aromatic heterocycles. The molecular weight excluding hydrogens is 328 g/mol. The second kappa shape index (κ2) is 6.05. The van der Waals surface area contributed by atoms with Crippen LogP contribution in [-0.2, 0) is 14.3 Å². The lowest BCUT2D eigenvalue weighted by Gasteiger charge is -2.61. The average molecular weight is 363 g/mol. The van der Waals surface area contributed by atoms with Crippen LogP contribution in [0.4, 0.5) is 0 Å². The second-order valence-electron chi connectivity index (χ2n) is 10.3. The summed E-state index contributed by atoms with van der Waals surface area (Å²) in [5.41, 5.74) is -0.704. The summed E-state index contributed by atoms with van der Waals surface area (Å²) < 4.78 is 5.63. The van der Waals surface area contributed by atoms with Crippen molar-refractivity contribution in [1.29, 1.82) is 0 Å². The van der Waals surface area contributed by atoms with Gasteiger partial charge in [-0.1, -0.05) is 6.92 Å². The Morgan fingerprint density at radius 2 is 1.88 bits per heavy atom. The molecule has 0 bridgehead atoms. The number of aliphatic hydroxyl groups is 1. The lowest BCUT2D eigenvalue weighted by molar-refractivity contribution is -0.182. The van der Waals surface area contributed by atoms with Crippen molar-refractivity contribution in [2.75, 3.05) is 6.61 Å². The van der Waals surface area contributed by atoms with Crippen molar-refractivity contribution in [2.24, 2.45) is 34.5 Å². The average Bonchev–Trinajstić information content (AvgIpc) is 2.88. The lowest BCUT2D eigenvalue weighted by atomic mass is 9.44. The van der Waals surface area contributed by atoms with Crippen LogP contribution in [0.3, 0.4) is 0 Å². The number of hydrogen-bond acceptors (Lipinski definition) is 4. The Balaban J connectivity index is 1.66. The highest BCUT2D eigenvalue weighted by Crippen LogP contribution is 2.66. The first-order chi connectivity index (χ1) is 12.2. The predicted octanol–water partition coefficient (Wildman–Crippen LogP) is 3.89. The monoisotopic (exact) mass is 362 g/mol. The van der Waals surface area contributed by atoms with E-state index < -0.39 is 5.60 Å². The van der Waals surface area contributed by atoms with Crippen molar-refractivity contribution in [3.05, 3.63) is 0 Å². The number of ketones is 1. The molecule has 0 radical (unpaired) electrons. The lowest BCUT2D eigenvalue weighted by Crippen LogP contribution is -2.58. The van der Waals surface area contributed by atoms with Crippen LogP contribution in [0.2, 0.25) is 0 Å². The molecule has 26 heavy (non-hydrogen) atoms. The Labute approximate surface area is 157 Å². The van der Waals surface area contributed by atoms with E-state index in [4.69, 9.17) is 4.74 Å². The number of ether oxygens (including phenoxy) is 1. The molecule has 0 heterocycles. The zero-order valence-electron chi connectivity index (χ0n) is 16.6. The van der Waals surface area contributed by atoms with Crippen LogP contribution in [0.25, 0.3) is 0 Å². The zero-order chi connectivity index (χ0) is 18.7. The fourth-order valence-corrected chi connectivity index (χ4v) is 7.52. The van der Waals surface area contributed by atoms with Crippen LogP contribution >= 0.6 is 0 Å². The summed E-state index contributed by atoms with van der Waals surface area (Å²) >= 11 is 0. The van der Waals surface area contributed by atoms with E-state index in [1.165, 1.54) is 13.3 Å². The van der Waals surface area contributed by atoms with E-state index in [9.17, 15) is 14.7 Å². The highest BCUT2D eigenvalue weighted by atomic mass is 16.5.